The molecule has 3 aromatic rings. The van der Waals surface area contributed by atoms with E-state index in [2.05, 4.69) is 25.5 Å². The van der Waals surface area contributed by atoms with E-state index in [1.807, 2.05) is 18.2 Å². The van der Waals surface area contributed by atoms with Crippen LogP contribution in [0.4, 0.5) is 10.2 Å². The summed E-state index contributed by atoms with van der Waals surface area (Å²) < 4.78 is 20.0. The molecule has 1 aliphatic carbocycles. The summed E-state index contributed by atoms with van der Waals surface area (Å²) in [5, 5.41) is 11.1. The van der Waals surface area contributed by atoms with Crippen LogP contribution in [0.1, 0.15) is 31.0 Å². The van der Waals surface area contributed by atoms with Crippen molar-refractivity contribution in [3.05, 3.63) is 48.4 Å². The van der Waals surface area contributed by atoms with Gasteiger partial charge in [0, 0.05) is 6.04 Å². The fourth-order valence-electron chi connectivity index (χ4n) is 3.27. The van der Waals surface area contributed by atoms with E-state index in [4.69, 9.17) is 4.74 Å². The normalized spacial score (nSPS) is 21.5. The number of aromatic amines is 1. The zero-order chi connectivity index (χ0) is 17.1. The monoisotopic (exact) mass is 341 g/mol. The second kappa shape index (κ2) is 7.14. The van der Waals surface area contributed by atoms with Crippen molar-refractivity contribution in [2.24, 2.45) is 0 Å². The van der Waals surface area contributed by atoms with Crippen molar-refractivity contribution >= 4 is 16.9 Å². The Bertz CT molecular complexity index is 824. The third-order valence-electron chi connectivity index (χ3n) is 4.61. The molecule has 0 saturated heterocycles. The van der Waals surface area contributed by atoms with Gasteiger partial charge in [-0.05, 0) is 24.8 Å². The van der Waals surface area contributed by atoms with Crippen LogP contribution >= 0.6 is 0 Å². The van der Waals surface area contributed by atoms with Gasteiger partial charge in [0.25, 0.3) is 0 Å². The second-order valence-corrected chi connectivity index (χ2v) is 6.34. The van der Waals surface area contributed by atoms with Gasteiger partial charge in [-0.15, -0.1) is 0 Å². The Morgan fingerprint density at radius 1 is 1.24 bits per heavy atom. The van der Waals surface area contributed by atoms with Gasteiger partial charge in [0.2, 0.25) is 0 Å². The highest BCUT2D eigenvalue weighted by Crippen LogP contribution is 2.28. The molecule has 6 nitrogen and oxygen atoms in total. The van der Waals surface area contributed by atoms with Crippen LogP contribution in [0.15, 0.2) is 42.9 Å². The average Bonchev–Trinajstić information content (AvgIpc) is 3.30. The van der Waals surface area contributed by atoms with E-state index in [1.54, 1.807) is 18.3 Å². The lowest BCUT2D eigenvalue weighted by molar-refractivity contribution is 0.0217. The van der Waals surface area contributed by atoms with Gasteiger partial charge in [-0.1, -0.05) is 30.3 Å². The number of aromatic nitrogens is 4. The number of anilines is 1. The van der Waals surface area contributed by atoms with Crippen molar-refractivity contribution in [1.82, 2.24) is 20.2 Å². The molecular weight excluding hydrogens is 321 g/mol. The van der Waals surface area contributed by atoms with Crippen LogP contribution in [0.25, 0.3) is 11.0 Å². The highest BCUT2D eigenvalue weighted by atomic mass is 19.1. The maximum absolute atomic E-state index is 14.2. The van der Waals surface area contributed by atoms with Gasteiger partial charge in [-0.25, -0.2) is 14.4 Å². The van der Waals surface area contributed by atoms with Crippen molar-refractivity contribution in [2.45, 2.75) is 37.6 Å². The average molecular weight is 341 g/mol. The molecule has 2 heterocycles. The van der Waals surface area contributed by atoms with Gasteiger partial charge < -0.3 is 10.1 Å². The summed E-state index contributed by atoms with van der Waals surface area (Å²) in [6, 6.07) is 9.41. The maximum Gasteiger partial charge on any atom is 0.160 e. The predicted molar refractivity (Wildman–Crippen MR) is 93.0 cm³/mol. The van der Waals surface area contributed by atoms with E-state index in [1.165, 1.54) is 6.33 Å². The number of hydrogen-bond donors (Lipinski definition) is 2. The van der Waals surface area contributed by atoms with Crippen LogP contribution in [0, 0.1) is 0 Å². The van der Waals surface area contributed by atoms with Crippen LogP contribution in [0.2, 0.25) is 0 Å². The molecule has 1 aromatic carbocycles. The Morgan fingerprint density at radius 2 is 2.12 bits per heavy atom. The first-order chi connectivity index (χ1) is 12.3. The third kappa shape index (κ3) is 3.61. The zero-order valence-electron chi connectivity index (χ0n) is 13.7. The van der Waals surface area contributed by atoms with Crippen molar-refractivity contribution in [1.29, 1.82) is 0 Å². The first-order valence-electron chi connectivity index (χ1n) is 8.51. The third-order valence-corrected chi connectivity index (χ3v) is 4.61. The summed E-state index contributed by atoms with van der Waals surface area (Å²) in [6.07, 6.45) is 4.94. The summed E-state index contributed by atoms with van der Waals surface area (Å²) in [4.78, 5) is 8.43. The van der Waals surface area contributed by atoms with Crippen molar-refractivity contribution in [3.8, 4) is 0 Å². The molecule has 7 heteroatoms. The Labute approximate surface area is 144 Å². The van der Waals surface area contributed by atoms with Crippen LogP contribution in [-0.2, 0) is 4.74 Å². The number of nitrogens with zero attached hydrogens (tertiary/aromatic N) is 3. The molecule has 2 aromatic heterocycles. The fourth-order valence-corrected chi connectivity index (χ4v) is 3.27. The highest BCUT2D eigenvalue weighted by molar-refractivity contribution is 5.85. The molecule has 4 rings (SSSR count). The van der Waals surface area contributed by atoms with E-state index in [9.17, 15) is 4.39 Å². The van der Waals surface area contributed by atoms with E-state index in [-0.39, 0.29) is 18.8 Å². The largest absolute Gasteiger partial charge is 0.375 e. The lowest BCUT2D eigenvalue weighted by Crippen LogP contribution is -2.19. The molecule has 1 unspecified atom stereocenters. The van der Waals surface area contributed by atoms with E-state index >= 15 is 0 Å². The second-order valence-electron chi connectivity index (χ2n) is 6.34. The minimum absolute atomic E-state index is 0.0705. The topological polar surface area (TPSA) is 75.7 Å². The number of H-pyrrole nitrogens is 1. The molecule has 0 spiro atoms. The minimum Gasteiger partial charge on any atom is -0.375 e. The van der Waals surface area contributed by atoms with Gasteiger partial charge in [0.1, 0.15) is 18.3 Å². The van der Waals surface area contributed by atoms with Gasteiger partial charge in [0.05, 0.1) is 24.3 Å². The van der Waals surface area contributed by atoms with E-state index in [0.717, 1.165) is 30.5 Å². The quantitative estimate of drug-likeness (QED) is 0.718. The summed E-state index contributed by atoms with van der Waals surface area (Å²) in [6.45, 7) is 0.0981. The van der Waals surface area contributed by atoms with Crippen LogP contribution in [0.5, 0.6) is 0 Å². The van der Waals surface area contributed by atoms with Gasteiger partial charge >= 0.3 is 0 Å². The molecule has 0 radical (unpaired) electrons. The van der Waals surface area contributed by atoms with Crippen LogP contribution in [0.3, 0.4) is 0 Å². The molecule has 0 amide bonds. The molecule has 1 fully saturated rings. The number of halogens is 1. The van der Waals surface area contributed by atoms with E-state index in [0.29, 0.717) is 11.2 Å². The van der Waals surface area contributed by atoms with Crippen LogP contribution < -0.4 is 5.32 Å². The molecule has 1 saturated carbocycles. The molecule has 0 bridgehead atoms. The number of ether oxygens (including phenoxy) is 1. The van der Waals surface area contributed by atoms with Crippen molar-refractivity contribution < 1.29 is 9.13 Å². The summed E-state index contributed by atoms with van der Waals surface area (Å²) in [5.74, 6) is 0.775. The number of benzene rings is 1. The Morgan fingerprint density at radius 3 is 3.00 bits per heavy atom. The maximum atomic E-state index is 14.2. The fraction of sp³-hybridized carbons (Fsp3) is 0.389. The number of hydrogen-bond acceptors (Lipinski definition) is 5. The molecule has 25 heavy (non-hydrogen) atoms. The number of nitrogens with one attached hydrogen (secondary N) is 2. The molecule has 1 aliphatic rings. The SMILES string of the molecule is F[C@@H](COC1CC[C@H](Nc2ncnc3[nH]ncc23)C1)c1ccccc1. The smallest absolute Gasteiger partial charge is 0.160 e. The number of rotatable bonds is 6. The first-order valence-corrected chi connectivity index (χ1v) is 8.51. The van der Waals surface area contributed by atoms with Crippen LogP contribution in [-0.4, -0.2) is 38.9 Å². The van der Waals surface area contributed by atoms with E-state index < -0.39 is 6.17 Å². The number of alkyl halides is 1. The summed E-state index contributed by atoms with van der Waals surface area (Å²) in [7, 11) is 0. The molecule has 0 aliphatic heterocycles. The predicted octanol–water partition coefficient (Wildman–Crippen LogP) is 3.41. The minimum atomic E-state index is -1.08. The molecule has 3 atom stereocenters. The lowest BCUT2D eigenvalue weighted by Gasteiger charge is -2.16. The summed E-state index contributed by atoms with van der Waals surface area (Å²) >= 11 is 0. The van der Waals surface area contributed by atoms with Gasteiger partial charge in [-0.2, -0.15) is 5.10 Å². The Balaban J connectivity index is 1.30. The Kier molecular flexibility index (Phi) is 4.56. The van der Waals surface area contributed by atoms with Gasteiger partial charge in [-0.3, -0.25) is 5.10 Å². The Hall–Kier alpha value is -2.54. The van der Waals surface area contributed by atoms with Crippen molar-refractivity contribution in [3.63, 3.8) is 0 Å². The lowest BCUT2D eigenvalue weighted by atomic mass is 10.1. The van der Waals surface area contributed by atoms with Gasteiger partial charge in [0.15, 0.2) is 5.65 Å². The highest BCUT2D eigenvalue weighted by Gasteiger charge is 2.27. The molecule has 130 valence electrons. The zero-order valence-corrected chi connectivity index (χ0v) is 13.7. The first kappa shape index (κ1) is 16.0. The number of fused-ring (bicyclic) bond motifs is 1. The molecular formula is C18H20FN5O. The summed E-state index contributed by atoms with van der Waals surface area (Å²) in [5.41, 5.74) is 1.38. The van der Waals surface area contributed by atoms with Crippen molar-refractivity contribution in [2.75, 3.05) is 11.9 Å². The molecule has 2 N–H and O–H groups in total. The standard InChI is InChI=1S/C18H20FN5O/c19-16(12-4-2-1-3-5-12)10-25-14-7-6-13(8-14)23-17-15-9-22-24-18(15)21-11-20-17/h1-5,9,11,13-14,16H,6-8,10H2,(H2,20,21,22,23,24)/t13-,14?,16-/m0/s1.